The second-order valence-electron chi connectivity index (χ2n) is 7.48. The van der Waals surface area contributed by atoms with Crippen LogP contribution < -0.4 is 5.32 Å². The molecule has 0 aromatic heterocycles. The molecule has 19 heavy (non-hydrogen) atoms. The largest absolute Gasteiger partial charge is 0.352 e. The van der Waals surface area contributed by atoms with E-state index in [1.54, 1.807) is 0 Å². The molecule has 3 nitrogen and oxygen atoms in total. The molecule has 0 aromatic rings. The molecule has 4 atom stereocenters. The Hall–Kier alpha value is -0.570. The topological polar surface area (TPSA) is 32.3 Å². The molecule has 106 valence electrons. The van der Waals surface area contributed by atoms with Crippen molar-refractivity contribution >= 4 is 5.91 Å². The Morgan fingerprint density at radius 2 is 2.00 bits per heavy atom. The number of hydrogen-bond acceptors (Lipinski definition) is 2. The molecule has 0 spiro atoms. The minimum Gasteiger partial charge on any atom is -0.352 e. The molecular weight excluding hydrogens is 236 g/mol. The highest BCUT2D eigenvalue weighted by atomic mass is 16.2. The summed E-state index contributed by atoms with van der Waals surface area (Å²) in [5.41, 5.74) is 0. The summed E-state index contributed by atoms with van der Waals surface area (Å²) in [5.74, 6) is 3.30. The quantitative estimate of drug-likeness (QED) is 0.840. The van der Waals surface area contributed by atoms with Crippen LogP contribution in [0.5, 0.6) is 0 Å². The van der Waals surface area contributed by atoms with Crippen LogP contribution in [0.15, 0.2) is 0 Å². The molecular formula is C16H26N2O. The normalized spacial score (nSPS) is 41.9. The maximum absolute atomic E-state index is 12.4. The molecule has 3 heteroatoms. The van der Waals surface area contributed by atoms with E-state index < -0.39 is 0 Å². The van der Waals surface area contributed by atoms with Crippen molar-refractivity contribution in [3.63, 3.8) is 0 Å². The summed E-state index contributed by atoms with van der Waals surface area (Å²) in [6.45, 7) is 3.57. The fourth-order valence-electron chi connectivity index (χ4n) is 4.66. The number of hydrogen-bond donors (Lipinski definition) is 1. The predicted octanol–water partition coefficient (Wildman–Crippen LogP) is 2.02. The molecule has 1 amide bonds. The van der Waals surface area contributed by atoms with E-state index in [0.29, 0.717) is 23.8 Å². The lowest BCUT2D eigenvalue weighted by Gasteiger charge is -2.23. The van der Waals surface area contributed by atoms with Crippen LogP contribution in [0.1, 0.15) is 44.9 Å². The Morgan fingerprint density at radius 1 is 1.11 bits per heavy atom. The molecule has 4 aliphatic rings. The SMILES string of the molecule is O=C(N[C@@H]1CCN(CC2CC2)C1)[C@@H]1C[C@H]2CC[C@H]1C2. The summed E-state index contributed by atoms with van der Waals surface area (Å²) in [5, 5.41) is 3.35. The van der Waals surface area contributed by atoms with Gasteiger partial charge in [-0.3, -0.25) is 4.79 Å². The van der Waals surface area contributed by atoms with Crippen molar-refractivity contribution in [3.05, 3.63) is 0 Å². The number of carbonyl (C=O) groups is 1. The Kier molecular flexibility index (Phi) is 3.06. The third kappa shape index (κ3) is 2.54. The third-order valence-corrected chi connectivity index (χ3v) is 5.91. The number of carbonyl (C=O) groups excluding carboxylic acids is 1. The second-order valence-corrected chi connectivity index (χ2v) is 7.48. The summed E-state index contributed by atoms with van der Waals surface area (Å²) in [4.78, 5) is 15.0. The standard InChI is InChI=1S/C16H26N2O/c19-16(15-8-12-3-4-13(15)7-12)17-14-5-6-18(10-14)9-11-1-2-11/h11-15H,1-10H2,(H,17,19)/t12-,13-,14+,15+/m0/s1. The van der Waals surface area contributed by atoms with Crippen LogP contribution in [-0.2, 0) is 4.79 Å². The first kappa shape index (κ1) is 12.2. The highest BCUT2D eigenvalue weighted by molar-refractivity contribution is 5.79. The zero-order valence-corrected chi connectivity index (χ0v) is 11.8. The van der Waals surface area contributed by atoms with Crippen LogP contribution in [0.4, 0.5) is 0 Å². The summed E-state index contributed by atoms with van der Waals surface area (Å²) in [7, 11) is 0. The van der Waals surface area contributed by atoms with Gasteiger partial charge in [-0.1, -0.05) is 6.42 Å². The fraction of sp³-hybridized carbons (Fsp3) is 0.938. The molecule has 1 aliphatic heterocycles. The fourth-order valence-corrected chi connectivity index (χ4v) is 4.66. The van der Waals surface area contributed by atoms with Crippen molar-refractivity contribution < 1.29 is 4.79 Å². The van der Waals surface area contributed by atoms with Gasteiger partial charge in [-0.05, 0) is 56.3 Å². The van der Waals surface area contributed by atoms with Gasteiger partial charge >= 0.3 is 0 Å². The summed E-state index contributed by atoms with van der Waals surface area (Å²) >= 11 is 0. The Morgan fingerprint density at radius 3 is 2.68 bits per heavy atom. The van der Waals surface area contributed by atoms with Crippen LogP contribution in [0.3, 0.4) is 0 Å². The van der Waals surface area contributed by atoms with Crippen LogP contribution in [0, 0.1) is 23.7 Å². The molecule has 4 rings (SSSR count). The van der Waals surface area contributed by atoms with Gasteiger partial charge in [0, 0.05) is 31.6 Å². The number of likely N-dealkylation sites (tertiary alicyclic amines) is 1. The van der Waals surface area contributed by atoms with Gasteiger partial charge in [0.15, 0.2) is 0 Å². The zero-order chi connectivity index (χ0) is 12.8. The Bertz CT molecular complexity index is 366. The first-order valence-electron chi connectivity index (χ1n) is 8.30. The molecule has 1 heterocycles. The van der Waals surface area contributed by atoms with Crippen molar-refractivity contribution in [2.45, 2.75) is 51.0 Å². The molecule has 2 bridgehead atoms. The molecule has 1 saturated heterocycles. The first-order chi connectivity index (χ1) is 9.28. The van der Waals surface area contributed by atoms with Crippen LogP contribution in [0.2, 0.25) is 0 Å². The van der Waals surface area contributed by atoms with Gasteiger partial charge in [-0.2, -0.15) is 0 Å². The van der Waals surface area contributed by atoms with Crippen molar-refractivity contribution in [3.8, 4) is 0 Å². The molecule has 0 unspecified atom stereocenters. The third-order valence-electron chi connectivity index (χ3n) is 5.91. The van der Waals surface area contributed by atoms with E-state index in [1.165, 1.54) is 58.0 Å². The number of nitrogens with zero attached hydrogens (tertiary/aromatic N) is 1. The van der Waals surface area contributed by atoms with Crippen LogP contribution >= 0.6 is 0 Å². The average Bonchev–Trinajstić information content (AvgIpc) is 2.81. The van der Waals surface area contributed by atoms with Gasteiger partial charge in [0.1, 0.15) is 0 Å². The van der Waals surface area contributed by atoms with Gasteiger partial charge in [0.25, 0.3) is 0 Å². The van der Waals surface area contributed by atoms with Gasteiger partial charge in [-0.15, -0.1) is 0 Å². The van der Waals surface area contributed by atoms with E-state index in [4.69, 9.17) is 0 Å². The Labute approximate surface area is 116 Å². The number of amides is 1. The summed E-state index contributed by atoms with van der Waals surface area (Å²) < 4.78 is 0. The van der Waals surface area contributed by atoms with E-state index in [9.17, 15) is 4.79 Å². The van der Waals surface area contributed by atoms with Crippen LogP contribution in [-0.4, -0.2) is 36.5 Å². The molecule has 1 N–H and O–H groups in total. The molecule has 3 aliphatic carbocycles. The smallest absolute Gasteiger partial charge is 0.223 e. The number of nitrogens with one attached hydrogen (secondary N) is 1. The van der Waals surface area contributed by atoms with Gasteiger partial charge in [-0.25, -0.2) is 0 Å². The molecule has 4 fully saturated rings. The first-order valence-corrected chi connectivity index (χ1v) is 8.30. The van der Waals surface area contributed by atoms with E-state index in [-0.39, 0.29) is 0 Å². The molecule has 3 saturated carbocycles. The zero-order valence-electron chi connectivity index (χ0n) is 11.8. The lowest BCUT2D eigenvalue weighted by Crippen LogP contribution is -2.42. The number of rotatable bonds is 4. The minimum atomic E-state index is 0.358. The predicted molar refractivity (Wildman–Crippen MR) is 74.6 cm³/mol. The van der Waals surface area contributed by atoms with E-state index in [1.807, 2.05) is 0 Å². The summed E-state index contributed by atoms with van der Waals surface area (Å²) in [6.07, 6.45) is 9.22. The monoisotopic (exact) mass is 262 g/mol. The highest BCUT2D eigenvalue weighted by Gasteiger charge is 2.43. The average molecular weight is 262 g/mol. The van der Waals surface area contributed by atoms with Crippen molar-refractivity contribution in [1.29, 1.82) is 0 Å². The lowest BCUT2D eigenvalue weighted by atomic mass is 9.88. The maximum Gasteiger partial charge on any atom is 0.223 e. The molecule has 0 aromatic carbocycles. The summed E-state index contributed by atoms with van der Waals surface area (Å²) in [6, 6.07) is 0.436. The highest BCUT2D eigenvalue weighted by Crippen LogP contribution is 2.48. The number of fused-ring (bicyclic) bond motifs is 2. The van der Waals surface area contributed by atoms with Gasteiger partial charge in [0.2, 0.25) is 5.91 Å². The van der Waals surface area contributed by atoms with E-state index >= 15 is 0 Å². The minimum absolute atomic E-state index is 0.358. The maximum atomic E-state index is 12.4. The Balaban J connectivity index is 1.26. The van der Waals surface area contributed by atoms with Crippen molar-refractivity contribution in [2.75, 3.05) is 19.6 Å². The van der Waals surface area contributed by atoms with E-state index in [0.717, 1.165) is 18.4 Å². The second kappa shape index (κ2) is 4.76. The lowest BCUT2D eigenvalue weighted by molar-refractivity contribution is -0.127. The van der Waals surface area contributed by atoms with Crippen molar-refractivity contribution in [1.82, 2.24) is 10.2 Å². The van der Waals surface area contributed by atoms with Crippen LogP contribution in [0.25, 0.3) is 0 Å². The van der Waals surface area contributed by atoms with E-state index in [2.05, 4.69) is 10.2 Å². The van der Waals surface area contributed by atoms with Crippen molar-refractivity contribution in [2.24, 2.45) is 23.7 Å². The van der Waals surface area contributed by atoms with Gasteiger partial charge < -0.3 is 10.2 Å². The van der Waals surface area contributed by atoms with Gasteiger partial charge in [0.05, 0.1) is 0 Å². The molecule has 0 radical (unpaired) electrons.